The van der Waals surface area contributed by atoms with Crippen molar-refractivity contribution in [2.45, 2.75) is 18.6 Å². The molecule has 0 atom stereocenters. The molecule has 156 valence electrons. The predicted octanol–water partition coefficient (Wildman–Crippen LogP) is 3.67. The number of nitrogens with one attached hydrogen (secondary N) is 1. The van der Waals surface area contributed by atoms with Gasteiger partial charge in [0.1, 0.15) is 11.6 Å². The Labute approximate surface area is 174 Å². The maximum atomic E-state index is 13.8. The monoisotopic (exact) mass is 440 g/mol. The van der Waals surface area contributed by atoms with Crippen molar-refractivity contribution in [2.24, 2.45) is 5.92 Å². The number of hydrogen-bond acceptors (Lipinski definition) is 4. The number of methoxy groups -OCH3 is 1. The van der Waals surface area contributed by atoms with E-state index in [0.29, 0.717) is 29.3 Å². The van der Waals surface area contributed by atoms with Gasteiger partial charge in [0.2, 0.25) is 15.9 Å². The molecule has 0 unspecified atom stereocenters. The first-order valence-corrected chi connectivity index (χ1v) is 11.1. The van der Waals surface area contributed by atoms with Crippen molar-refractivity contribution in [3.63, 3.8) is 0 Å². The van der Waals surface area contributed by atoms with Crippen molar-refractivity contribution in [2.75, 3.05) is 25.5 Å². The first-order chi connectivity index (χ1) is 13.8. The average molecular weight is 441 g/mol. The molecule has 2 aromatic carbocycles. The number of rotatable bonds is 6. The van der Waals surface area contributed by atoms with Crippen LogP contribution < -0.4 is 10.1 Å². The summed E-state index contributed by atoms with van der Waals surface area (Å²) in [5.74, 6) is -0.907. The Kier molecular flexibility index (Phi) is 6.77. The van der Waals surface area contributed by atoms with E-state index in [1.165, 1.54) is 29.6 Å². The van der Waals surface area contributed by atoms with Crippen LogP contribution in [0.25, 0.3) is 0 Å². The third-order valence-electron chi connectivity index (χ3n) is 4.93. The number of carbonyl (C=O) groups is 1. The van der Waals surface area contributed by atoms with Crippen molar-refractivity contribution in [1.82, 2.24) is 4.31 Å². The normalized spacial score (nSPS) is 15.8. The largest absolute Gasteiger partial charge is 0.495 e. The van der Waals surface area contributed by atoms with Gasteiger partial charge in [-0.1, -0.05) is 29.8 Å². The van der Waals surface area contributed by atoms with Gasteiger partial charge in [-0.2, -0.15) is 0 Å². The summed E-state index contributed by atoms with van der Waals surface area (Å²) < 4.78 is 45.4. The van der Waals surface area contributed by atoms with Crippen LogP contribution in [-0.2, 0) is 20.6 Å². The molecule has 6 nitrogen and oxygen atoms in total. The van der Waals surface area contributed by atoms with E-state index >= 15 is 0 Å². The van der Waals surface area contributed by atoms with Crippen LogP contribution in [0.15, 0.2) is 42.5 Å². The van der Waals surface area contributed by atoms with Gasteiger partial charge in [-0.15, -0.1) is 0 Å². The number of piperidine rings is 1. The molecule has 0 radical (unpaired) electrons. The lowest BCUT2D eigenvalue weighted by Gasteiger charge is -2.30. The van der Waals surface area contributed by atoms with Gasteiger partial charge >= 0.3 is 0 Å². The number of amides is 1. The zero-order valence-corrected chi connectivity index (χ0v) is 17.5. The van der Waals surface area contributed by atoms with Gasteiger partial charge < -0.3 is 10.1 Å². The van der Waals surface area contributed by atoms with Crippen LogP contribution in [0, 0.1) is 11.7 Å². The summed E-state index contributed by atoms with van der Waals surface area (Å²) >= 11 is 6.07. The number of carbonyl (C=O) groups excluding carboxylic acids is 1. The van der Waals surface area contributed by atoms with E-state index in [0.717, 1.165) is 0 Å². The maximum absolute atomic E-state index is 13.8. The SMILES string of the molecule is COc1ccc(NC(=O)C2CCN(S(=O)(=O)Cc3ccccc3F)CC2)cc1Cl. The molecular weight excluding hydrogens is 419 g/mol. The van der Waals surface area contributed by atoms with Gasteiger partial charge in [0, 0.05) is 30.3 Å². The highest BCUT2D eigenvalue weighted by Gasteiger charge is 2.31. The standard InChI is InChI=1S/C20H22ClFN2O4S/c1-28-19-7-6-16(12-17(19)21)23-20(25)14-8-10-24(11-9-14)29(26,27)13-15-4-2-3-5-18(15)22/h2-7,12,14H,8-11,13H2,1H3,(H,23,25). The second-order valence-corrected chi connectivity index (χ2v) is 9.24. The molecule has 0 aromatic heterocycles. The third kappa shape index (κ3) is 5.26. The highest BCUT2D eigenvalue weighted by atomic mass is 35.5. The molecule has 1 fully saturated rings. The molecule has 0 saturated carbocycles. The third-order valence-corrected chi connectivity index (χ3v) is 7.06. The van der Waals surface area contributed by atoms with Crippen molar-refractivity contribution in [3.05, 3.63) is 58.9 Å². The fourth-order valence-electron chi connectivity index (χ4n) is 3.29. The zero-order chi connectivity index (χ0) is 21.0. The highest BCUT2D eigenvalue weighted by molar-refractivity contribution is 7.88. The highest BCUT2D eigenvalue weighted by Crippen LogP contribution is 2.28. The van der Waals surface area contributed by atoms with Crippen LogP contribution in [0.1, 0.15) is 18.4 Å². The molecule has 1 heterocycles. The maximum Gasteiger partial charge on any atom is 0.227 e. The van der Waals surface area contributed by atoms with Gasteiger partial charge in [0.05, 0.1) is 17.9 Å². The molecule has 9 heteroatoms. The molecule has 29 heavy (non-hydrogen) atoms. The smallest absolute Gasteiger partial charge is 0.227 e. The van der Waals surface area contributed by atoms with E-state index in [9.17, 15) is 17.6 Å². The molecular formula is C20H22ClFN2O4S. The summed E-state index contributed by atoms with van der Waals surface area (Å²) in [6.45, 7) is 0.441. The topological polar surface area (TPSA) is 75.7 Å². The van der Waals surface area contributed by atoms with E-state index in [1.807, 2.05) is 0 Å². The number of sulfonamides is 1. The number of nitrogens with zero attached hydrogens (tertiary/aromatic N) is 1. The quantitative estimate of drug-likeness (QED) is 0.743. The molecule has 0 bridgehead atoms. The molecule has 0 spiro atoms. The molecule has 0 aliphatic carbocycles. The van der Waals surface area contributed by atoms with Crippen molar-refractivity contribution in [1.29, 1.82) is 0 Å². The van der Waals surface area contributed by atoms with E-state index in [1.54, 1.807) is 24.3 Å². The number of benzene rings is 2. The lowest BCUT2D eigenvalue weighted by molar-refractivity contribution is -0.120. The first kappa shape index (κ1) is 21.5. The van der Waals surface area contributed by atoms with E-state index in [2.05, 4.69) is 5.32 Å². The van der Waals surface area contributed by atoms with E-state index < -0.39 is 15.8 Å². The van der Waals surface area contributed by atoms with E-state index in [-0.39, 0.29) is 36.2 Å². The summed E-state index contributed by atoms with van der Waals surface area (Å²) in [6.07, 6.45) is 0.790. The van der Waals surface area contributed by atoms with Crippen LogP contribution in [-0.4, -0.2) is 38.8 Å². The Morgan fingerprint density at radius 2 is 1.93 bits per heavy atom. The number of anilines is 1. The van der Waals surface area contributed by atoms with Crippen molar-refractivity contribution < 1.29 is 22.3 Å². The Morgan fingerprint density at radius 3 is 2.55 bits per heavy atom. The molecule has 1 N–H and O–H groups in total. The summed E-state index contributed by atoms with van der Waals surface area (Å²) in [5, 5.41) is 3.20. The van der Waals surface area contributed by atoms with Gasteiger partial charge in [-0.3, -0.25) is 4.79 Å². The van der Waals surface area contributed by atoms with Gasteiger partial charge in [0.15, 0.2) is 0 Å². The minimum absolute atomic E-state index is 0.142. The predicted molar refractivity (Wildman–Crippen MR) is 110 cm³/mol. The van der Waals surface area contributed by atoms with Gasteiger partial charge in [0.25, 0.3) is 0 Å². The molecule has 2 aromatic rings. The van der Waals surface area contributed by atoms with Crippen LogP contribution in [0.3, 0.4) is 0 Å². The Hall–Kier alpha value is -2.16. The molecule has 1 saturated heterocycles. The van der Waals surface area contributed by atoms with E-state index in [4.69, 9.17) is 16.3 Å². The summed E-state index contributed by atoms with van der Waals surface area (Å²) in [7, 11) is -2.14. The van der Waals surface area contributed by atoms with Gasteiger partial charge in [-0.25, -0.2) is 17.1 Å². The molecule has 1 aliphatic rings. The Bertz CT molecular complexity index is 992. The van der Waals surface area contributed by atoms with Crippen molar-refractivity contribution in [3.8, 4) is 5.75 Å². The second kappa shape index (κ2) is 9.11. The number of hydrogen-bond donors (Lipinski definition) is 1. The van der Waals surface area contributed by atoms with Gasteiger partial charge in [-0.05, 0) is 37.1 Å². The van der Waals surface area contributed by atoms with Crippen LogP contribution in [0.2, 0.25) is 5.02 Å². The average Bonchev–Trinajstić information content (AvgIpc) is 2.70. The summed E-state index contributed by atoms with van der Waals surface area (Å²) in [4.78, 5) is 12.5. The first-order valence-electron chi connectivity index (χ1n) is 9.16. The fraction of sp³-hybridized carbons (Fsp3) is 0.350. The summed E-state index contributed by atoms with van der Waals surface area (Å²) in [5.41, 5.74) is 0.694. The minimum atomic E-state index is -3.65. The van der Waals surface area contributed by atoms with Crippen LogP contribution in [0.5, 0.6) is 5.75 Å². The van der Waals surface area contributed by atoms with Crippen LogP contribution in [0.4, 0.5) is 10.1 Å². The number of ether oxygens (including phenoxy) is 1. The molecule has 1 aliphatic heterocycles. The fourth-order valence-corrected chi connectivity index (χ4v) is 5.12. The molecule has 1 amide bonds. The Morgan fingerprint density at radius 1 is 1.24 bits per heavy atom. The number of halogens is 2. The van der Waals surface area contributed by atoms with Crippen molar-refractivity contribution >= 4 is 33.2 Å². The lowest BCUT2D eigenvalue weighted by atomic mass is 9.97. The lowest BCUT2D eigenvalue weighted by Crippen LogP contribution is -2.42. The minimum Gasteiger partial charge on any atom is -0.495 e. The summed E-state index contributed by atoms with van der Waals surface area (Å²) in [6, 6.07) is 10.8. The second-order valence-electron chi connectivity index (χ2n) is 6.86. The Balaban J connectivity index is 1.57. The van der Waals surface area contributed by atoms with Crippen LogP contribution >= 0.6 is 11.6 Å². The zero-order valence-electron chi connectivity index (χ0n) is 15.9. The molecule has 3 rings (SSSR count).